The van der Waals surface area contributed by atoms with Crippen molar-refractivity contribution in [3.05, 3.63) is 58.0 Å². The van der Waals surface area contributed by atoms with Gasteiger partial charge in [-0.15, -0.1) is 0 Å². The van der Waals surface area contributed by atoms with E-state index in [9.17, 15) is 14.0 Å². The summed E-state index contributed by atoms with van der Waals surface area (Å²) in [5, 5.41) is 9.46. The topological polar surface area (TPSA) is 70.2 Å². The molecule has 94 valence electrons. The van der Waals surface area contributed by atoms with Crippen LogP contribution in [0.25, 0.3) is 21.8 Å². The van der Waals surface area contributed by atoms with Crippen molar-refractivity contribution in [2.45, 2.75) is 0 Å². The third-order valence-electron chi connectivity index (χ3n) is 3.02. The maximum atomic E-state index is 13.6. The number of nitrogens with one attached hydrogen (secondary N) is 1. The lowest BCUT2D eigenvalue weighted by Gasteiger charge is -2.04. The Labute approximate surface area is 106 Å². The summed E-state index contributed by atoms with van der Waals surface area (Å²) in [6, 6.07) is 8.92. The molecule has 0 saturated heterocycles. The molecule has 0 aliphatic rings. The number of H-pyrrole nitrogens is 1. The summed E-state index contributed by atoms with van der Waals surface area (Å²) in [7, 11) is 0. The van der Waals surface area contributed by atoms with Gasteiger partial charge in [-0.05, 0) is 24.3 Å². The van der Waals surface area contributed by atoms with Crippen LogP contribution in [0.15, 0.2) is 41.2 Å². The number of carboxylic acids is 1. The van der Waals surface area contributed by atoms with Crippen molar-refractivity contribution in [2.75, 3.05) is 0 Å². The molecule has 2 N–H and O–H groups in total. The molecule has 0 bridgehead atoms. The quantitative estimate of drug-likeness (QED) is 0.658. The fourth-order valence-electron chi connectivity index (χ4n) is 2.11. The number of halogens is 1. The highest BCUT2D eigenvalue weighted by Crippen LogP contribution is 2.18. The summed E-state index contributed by atoms with van der Waals surface area (Å²) < 4.78 is 13.6. The van der Waals surface area contributed by atoms with Gasteiger partial charge in [0.25, 0.3) is 0 Å². The van der Waals surface area contributed by atoms with Crippen LogP contribution in [0.5, 0.6) is 0 Å². The Morgan fingerprint density at radius 3 is 2.58 bits per heavy atom. The fraction of sp³-hybridized carbons (Fsp3) is 0. The molecule has 0 aliphatic carbocycles. The van der Waals surface area contributed by atoms with Crippen LogP contribution in [0.3, 0.4) is 0 Å². The van der Waals surface area contributed by atoms with Gasteiger partial charge in [0, 0.05) is 16.3 Å². The molecule has 2 aromatic carbocycles. The number of pyridine rings is 1. The van der Waals surface area contributed by atoms with Gasteiger partial charge in [0.1, 0.15) is 5.82 Å². The summed E-state index contributed by atoms with van der Waals surface area (Å²) in [5.74, 6) is -2.28. The molecule has 0 spiro atoms. The van der Waals surface area contributed by atoms with Gasteiger partial charge in [0.2, 0.25) is 0 Å². The number of carboxylic acid groups (broad SMARTS) is 1. The first-order chi connectivity index (χ1) is 9.08. The third kappa shape index (κ3) is 1.67. The molecule has 0 saturated carbocycles. The summed E-state index contributed by atoms with van der Waals surface area (Å²) in [4.78, 5) is 26.0. The number of rotatable bonds is 1. The third-order valence-corrected chi connectivity index (χ3v) is 3.02. The van der Waals surface area contributed by atoms with Gasteiger partial charge in [-0.25, -0.2) is 9.18 Å². The van der Waals surface area contributed by atoms with Gasteiger partial charge < -0.3 is 10.1 Å². The molecule has 0 unspecified atom stereocenters. The van der Waals surface area contributed by atoms with E-state index in [1.54, 1.807) is 24.3 Å². The molecule has 3 aromatic rings. The number of benzene rings is 2. The first-order valence-corrected chi connectivity index (χ1v) is 5.55. The van der Waals surface area contributed by atoms with Gasteiger partial charge in [0.05, 0.1) is 11.1 Å². The van der Waals surface area contributed by atoms with E-state index in [1.807, 2.05) is 0 Å². The van der Waals surface area contributed by atoms with Crippen molar-refractivity contribution in [2.24, 2.45) is 0 Å². The van der Waals surface area contributed by atoms with Gasteiger partial charge in [-0.1, -0.05) is 12.1 Å². The zero-order valence-corrected chi connectivity index (χ0v) is 9.61. The Hall–Kier alpha value is -2.69. The van der Waals surface area contributed by atoms with Crippen LogP contribution in [-0.2, 0) is 0 Å². The van der Waals surface area contributed by atoms with E-state index in [0.717, 1.165) is 12.1 Å². The van der Waals surface area contributed by atoms with E-state index < -0.39 is 17.3 Å². The van der Waals surface area contributed by atoms with Crippen molar-refractivity contribution >= 4 is 27.8 Å². The normalized spacial score (nSPS) is 11.0. The lowest BCUT2D eigenvalue weighted by molar-refractivity contribution is 0.0692. The molecule has 3 rings (SSSR count). The largest absolute Gasteiger partial charge is 0.478 e. The molecular weight excluding hydrogens is 249 g/mol. The number of fused-ring (bicyclic) bond motifs is 2. The molecule has 19 heavy (non-hydrogen) atoms. The SMILES string of the molecule is O=C(O)c1cc2[nH]c3ccccc3c(=O)c2cc1F. The number of hydrogen-bond donors (Lipinski definition) is 2. The molecule has 0 radical (unpaired) electrons. The highest BCUT2D eigenvalue weighted by molar-refractivity contribution is 5.97. The predicted molar refractivity (Wildman–Crippen MR) is 69.0 cm³/mol. The summed E-state index contributed by atoms with van der Waals surface area (Å²) in [6.45, 7) is 0. The van der Waals surface area contributed by atoms with Crippen LogP contribution in [0.2, 0.25) is 0 Å². The molecule has 1 aromatic heterocycles. The van der Waals surface area contributed by atoms with Crippen molar-refractivity contribution in [3.63, 3.8) is 0 Å². The monoisotopic (exact) mass is 257 g/mol. The van der Waals surface area contributed by atoms with E-state index in [4.69, 9.17) is 5.11 Å². The molecule has 0 aliphatic heterocycles. The van der Waals surface area contributed by atoms with Crippen molar-refractivity contribution < 1.29 is 14.3 Å². The minimum Gasteiger partial charge on any atom is -0.478 e. The molecule has 0 amide bonds. The second kappa shape index (κ2) is 3.91. The van der Waals surface area contributed by atoms with Crippen molar-refractivity contribution in [1.29, 1.82) is 0 Å². The summed E-state index contributed by atoms with van der Waals surface area (Å²) in [6.07, 6.45) is 0. The van der Waals surface area contributed by atoms with E-state index in [-0.39, 0.29) is 10.8 Å². The molecule has 1 heterocycles. The minimum absolute atomic E-state index is 0.140. The number of hydrogen-bond acceptors (Lipinski definition) is 2. The average Bonchev–Trinajstić information content (AvgIpc) is 2.39. The van der Waals surface area contributed by atoms with Gasteiger partial charge in [0.15, 0.2) is 5.43 Å². The lowest BCUT2D eigenvalue weighted by Crippen LogP contribution is -2.07. The standard InChI is InChI=1S/C14H8FNO3/c15-10-5-9-12(6-8(10)14(18)19)16-11-4-2-1-3-7(11)13(9)17/h1-6H,(H,16,17)(H,18,19). The van der Waals surface area contributed by atoms with Crippen LogP contribution < -0.4 is 5.43 Å². The van der Waals surface area contributed by atoms with Crippen LogP contribution in [-0.4, -0.2) is 16.1 Å². The number of para-hydroxylation sites is 1. The van der Waals surface area contributed by atoms with Crippen molar-refractivity contribution in [3.8, 4) is 0 Å². The van der Waals surface area contributed by atoms with Crippen LogP contribution in [0, 0.1) is 5.82 Å². The Morgan fingerprint density at radius 2 is 1.84 bits per heavy atom. The Balaban J connectivity index is 2.52. The van der Waals surface area contributed by atoms with E-state index in [1.165, 1.54) is 0 Å². The molecule has 5 heteroatoms. The number of aromatic carboxylic acids is 1. The van der Waals surface area contributed by atoms with Crippen LogP contribution >= 0.6 is 0 Å². The van der Waals surface area contributed by atoms with Crippen LogP contribution in [0.4, 0.5) is 4.39 Å². The second-order valence-corrected chi connectivity index (χ2v) is 4.18. The Morgan fingerprint density at radius 1 is 1.11 bits per heavy atom. The Bertz CT molecular complexity index is 883. The molecule has 0 fully saturated rings. The first kappa shape index (κ1) is 11.4. The number of aromatic amines is 1. The van der Waals surface area contributed by atoms with Crippen LogP contribution in [0.1, 0.15) is 10.4 Å². The highest BCUT2D eigenvalue weighted by Gasteiger charge is 2.14. The van der Waals surface area contributed by atoms with Crippen molar-refractivity contribution in [1.82, 2.24) is 4.98 Å². The first-order valence-electron chi connectivity index (χ1n) is 5.55. The molecule has 0 atom stereocenters. The molecular formula is C14H8FNO3. The molecule has 4 nitrogen and oxygen atoms in total. The maximum Gasteiger partial charge on any atom is 0.338 e. The predicted octanol–water partition coefficient (Wildman–Crippen LogP) is 2.52. The Kier molecular flexibility index (Phi) is 2.35. The van der Waals surface area contributed by atoms with E-state index in [2.05, 4.69) is 4.98 Å². The van der Waals surface area contributed by atoms with Gasteiger partial charge in [-0.3, -0.25) is 4.79 Å². The smallest absolute Gasteiger partial charge is 0.338 e. The zero-order valence-electron chi connectivity index (χ0n) is 9.61. The average molecular weight is 257 g/mol. The maximum absolute atomic E-state index is 13.6. The number of aromatic nitrogens is 1. The summed E-state index contributed by atoms with van der Waals surface area (Å²) >= 11 is 0. The minimum atomic E-state index is -1.37. The zero-order chi connectivity index (χ0) is 13.6. The second-order valence-electron chi connectivity index (χ2n) is 4.18. The van der Waals surface area contributed by atoms with E-state index >= 15 is 0 Å². The van der Waals surface area contributed by atoms with Gasteiger partial charge in [-0.2, -0.15) is 0 Å². The fourth-order valence-corrected chi connectivity index (χ4v) is 2.11. The highest BCUT2D eigenvalue weighted by atomic mass is 19.1. The van der Waals surface area contributed by atoms with E-state index in [0.29, 0.717) is 16.4 Å². The summed E-state index contributed by atoms with van der Waals surface area (Å²) in [5.41, 5.74) is 0.115. The number of carbonyl (C=O) groups is 1. The lowest BCUT2D eigenvalue weighted by atomic mass is 10.1. The van der Waals surface area contributed by atoms with Gasteiger partial charge >= 0.3 is 5.97 Å².